The Morgan fingerprint density at radius 3 is 2.43 bits per heavy atom. The summed E-state index contributed by atoms with van der Waals surface area (Å²) >= 11 is 0. The van der Waals surface area contributed by atoms with Gasteiger partial charge in [0.2, 0.25) is 0 Å². The van der Waals surface area contributed by atoms with Crippen molar-refractivity contribution in [2.45, 2.75) is 32.7 Å². The van der Waals surface area contributed by atoms with E-state index in [1.54, 1.807) is 14.2 Å². The van der Waals surface area contributed by atoms with Gasteiger partial charge in [0.1, 0.15) is 11.5 Å². The van der Waals surface area contributed by atoms with Gasteiger partial charge in [-0.05, 0) is 37.0 Å². The molecule has 2 aliphatic heterocycles. The average Bonchev–Trinajstić information content (AvgIpc) is 3.22. The van der Waals surface area contributed by atoms with Crippen LogP contribution in [0.25, 0.3) is 0 Å². The number of nitrogens with zero attached hydrogens (tertiary/aromatic N) is 3. The van der Waals surface area contributed by atoms with Crippen LogP contribution in [-0.2, 0) is 9.59 Å². The maximum atomic E-state index is 12.7. The van der Waals surface area contributed by atoms with Crippen LogP contribution in [0.2, 0.25) is 0 Å². The van der Waals surface area contributed by atoms with Gasteiger partial charge in [0.25, 0.3) is 0 Å². The molecule has 0 spiro atoms. The van der Waals surface area contributed by atoms with E-state index >= 15 is 0 Å². The largest absolute Gasteiger partial charge is 0.497 e. The molecule has 1 unspecified atom stereocenters. The molecule has 8 nitrogen and oxygen atoms in total. The minimum atomic E-state index is -0.756. The van der Waals surface area contributed by atoms with E-state index in [2.05, 4.69) is 0 Å². The first kappa shape index (κ1) is 20.1. The fourth-order valence-electron chi connectivity index (χ4n) is 3.83. The monoisotopic (exact) mass is 389 g/mol. The van der Waals surface area contributed by atoms with E-state index in [-0.39, 0.29) is 25.2 Å². The Morgan fingerprint density at radius 2 is 1.79 bits per heavy atom. The third kappa shape index (κ3) is 3.69. The van der Waals surface area contributed by atoms with Gasteiger partial charge in [-0.15, -0.1) is 0 Å². The Labute approximate surface area is 165 Å². The zero-order valence-electron chi connectivity index (χ0n) is 16.8. The zero-order chi connectivity index (χ0) is 20.4. The lowest BCUT2D eigenvalue weighted by molar-refractivity contribution is -0.144. The highest BCUT2D eigenvalue weighted by atomic mass is 16.5. The molecule has 3 rings (SSSR count). The third-order valence-corrected chi connectivity index (χ3v) is 5.17. The first-order valence-electron chi connectivity index (χ1n) is 9.50. The van der Waals surface area contributed by atoms with Crippen molar-refractivity contribution in [1.29, 1.82) is 0 Å². The van der Waals surface area contributed by atoms with Crippen molar-refractivity contribution in [2.24, 2.45) is 5.92 Å². The number of carbonyl (C=O) groups excluding carboxylic acids is 3. The summed E-state index contributed by atoms with van der Waals surface area (Å²) in [4.78, 5) is 41.4. The lowest BCUT2D eigenvalue weighted by atomic mass is 10.0. The number of ether oxygens (including phenoxy) is 2. The quantitative estimate of drug-likeness (QED) is 0.526. The number of carbonyl (C=O) groups is 3. The SMILES string of the molecule is COc1ccc(OC)c(C2CCCN2CN2C(=O)C(=O)N(CC(C)C)C2=O)c1. The van der Waals surface area contributed by atoms with Gasteiger partial charge in [0.15, 0.2) is 0 Å². The molecule has 4 amide bonds. The molecular formula is C20H27N3O5. The summed E-state index contributed by atoms with van der Waals surface area (Å²) in [5.41, 5.74) is 0.948. The van der Waals surface area contributed by atoms with Gasteiger partial charge in [-0.25, -0.2) is 9.69 Å². The van der Waals surface area contributed by atoms with Gasteiger partial charge < -0.3 is 9.47 Å². The van der Waals surface area contributed by atoms with Crippen LogP contribution in [-0.4, -0.2) is 66.5 Å². The molecule has 8 heteroatoms. The fourth-order valence-corrected chi connectivity index (χ4v) is 3.83. The lowest BCUT2D eigenvalue weighted by Gasteiger charge is -2.29. The minimum absolute atomic E-state index is 0.0279. The van der Waals surface area contributed by atoms with E-state index in [0.717, 1.165) is 40.5 Å². The first-order chi connectivity index (χ1) is 13.4. The van der Waals surface area contributed by atoms with Gasteiger partial charge in [-0.3, -0.25) is 19.4 Å². The normalized spacial score (nSPS) is 20.6. The van der Waals surface area contributed by atoms with Crippen LogP contribution < -0.4 is 9.47 Å². The molecule has 2 saturated heterocycles. The number of amides is 4. The Balaban J connectivity index is 1.82. The number of hydrogen-bond donors (Lipinski definition) is 0. The summed E-state index contributed by atoms with van der Waals surface area (Å²) in [6, 6.07) is 5.04. The average molecular weight is 389 g/mol. The zero-order valence-corrected chi connectivity index (χ0v) is 16.8. The van der Waals surface area contributed by atoms with Crippen molar-refractivity contribution < 1.29 is 23.9 Å². The first-order valence-corrected chi connectivity index (χ1v) is 9.50. The maximum Gasteiger partial charge on any atom is 0.335 e. The van der Waals surface area contributed by atoms with Crippen LogP contribution in [0.5, 0.6) is 11.5 Å². The van der Waals surface area contributed by atoms with Gasteiger partial charge in [-0.1, -0.05) is 13.8 Å². The molecule has 2 heterocycles. The molecule has 1 aromatic carbocycles. The van der Waals surface area contributed by atoms with E-state index in [0.29, 0.717) is 5.75 Å². The van der Waals surface area contributed by atoms with Crippen molar-refractivity contribution in [3.63, 3.8) is 0 Å². The number of rotatable bonds is 7. The van der Waals surface area contributed by atoms with E-state index in [1.165, 1.54) is 0 Å². The van der Waals surface area contributed by atoms with E-state index in [1.807, 2.05) is 36.9 Å². The number of hydrogen-bond acceptors (Lipinski definition) is 6. The van der Waals surface area contributed by atoms with Crippen molar-refractivity contribution >= 4 is 17.8 Å². The number of benzene rings is 1. The standard InChI is InChI=1S/C20H27N3O5/c1-13(2)11-22-18(24)19(25)23(20(22)26)12-21-9-5-6-16(21)15-10-14(27-3)7-8-17(15)28-4/h7-8,10,13,16H,5-6,9,11-12H2,1-4H3. The van der Waals surface area contributed by atoms with Crippen molar-refractivity contribution in [3.8, 4) is 11.5 Å². The van der Waals surface area contributed by atoms with Crippen molar-refractivity contribution in [3.05, 3.63) is 23.8 Å². The Morgan fingerprint density at radius 1 is 1.07 bits per heavy atom. The Hall–Kier alpha value is -2.61. The summed E-state index contributed by atoms with van der Waals surface area (Å²) in [5.74, 6) is 0.0482. The smallest absolute Gasteiger partial charge is 0.335 e. The molecular weight excluding hydrogens is 362 g/mol. The van der Waals surface area contributed by atoms with Crippen LogP contribution in [0.1, 0.15) is 38.3 Å². The predicted molar refractivity (Wildman–Crippen MR) is 102 cm³/mol. The molecule has 2 fully saturated rings. The topological polar surface area (TPSA) is 79.4 Å². The molecule has 0 saturated carbocycles. The fraction of sp³-hybridized carbons (Fsp3) is 0.550. The predicted octanol–water partition coefficient (Wildman–Crippen LogP) is 2.25. The molecule has 152 valence electrons. The van der Waals surface area contributed by atoms with Crippen LogP contribution >= 0.6 is 0 Å². The van der Waals surface area contributed by atoms with Crippen LogP contribution in [0, 0.1) is 5.92 Å². The highest BCUT2D eigenvalue weighted by Crippen LogP contribution is 2.39. The molecule has 1 atom stereocenters. The van der Waals surface area contributed by atoms with Gasteiger partial charge in [0, 0.05) is 24.7 Å². The van der Waals surface area contributed by atoms with Crippen molar-refractivity contribution in [2.75, 3.05) is 34.0 Å². The highest BCUT2D eigenvalue weighted by Gasteiger charge is 2.46. The summed E-state index contributed by atoms with van der Waals surface area (Å²) in [5, 5.41) is 0. The lowest BCUT2D eigenvalue weighted by Crippen LogP contribution is -2.42. The van der Waals surface area contributed by atoms with Gasteiger partial charge in [0.05, 0.1) is 20.9 Å². The van der Waals surface area contributed by atoms with Crippen LogP contribution in [0.15, 0.2) is 18.2 Å². The molecule has 1 aromatic rings. The summed E-state index contributed by atoms with van der Waals surface area (Å²) in [6.07, 6.45) is 1.79. The molecule has 0 aromatic heterocycles. The van der Waals surface area contributed by atoms with Gasteiger partial charge >= 0.3 is 17.8 Å². The number of urea groups is 1. The van der Waals surface area contributed by atoms with E-state index < -0.39 is 17.8 Å². The maximum absolute atomic E-state index is 12.7. The second-order valence-corrected chi connectivity index (χ2v) is 7.55. The Kier molecular flexibility index (Phi) is 5.88. The van der Waals surface area contributed by atoms with Crippen molar-refractivity contribution in [1.82, 2.24) is 14.7 Å². The number of methoxy groups -OCH3 is 2. The summed E-state index contributed by atoms with van der Waals surface area (Å²) < 4.78 is 10.8. The molecule has 0 aliphatic carbocycles. The highest BCUT2D eigenvalue weighted by molar-refractivity contribution is 6.44. The number of likely N-dealkylation sites (tertiary alicyclic amines) is 1. The van der Waals surface area contributed by atoms with Crippen LogP contribution in [0.4, 0.5) is 4.79 Å². The molecule has 0 bridgehead atoms. The number of imide groups is 2. The third-order valence-electron chi connectivity index (χ3n) is 5.17. The van der Waals surface area contributed by atoms with E-state index in [4.69, 9.17) is 9.47 Å². The minimum Gasteiger partial charge on any atom is -0.497 e. The molecule has 2 aliphatic rings. The second kappa shape index (κ2) is 8.18. The van der Waals surface area contributed by atoms with E-state index in [9.17, 15) is 14.4 Å². The second-order valence-electron chi connectivity index (χ2n) is 7.55. The molecule has 0 N–H and O–H groups in total. The molecule has 0 radical (unpaired) electrons. The summed E-state index contributed by atoms with van der Waals surface area (Å²) in [7, 11) is 3.22. The molecule has 28 heavy (non-hydrogen) atoms. The summed E-state index contributed by atoms with van der Waals surface area (Å²) in [6.45, 7) is 4.86. The Bertz CT molecular complexity index is 779. The van der Waals surface area contributed by atoms with Gasteiger partial charge in [-0.2, -0.15) is 0 Å². The van der Waals surface area contributed by atoms with Crippen LogP contribution in [0.3, 0.4) is 0 Å².